The molecule has 2 nitrogen and oxygen atoms in total. The summed E-state index contributed by atoms with van der Waals surface area (Å²) < 4.78 is 0. The fraction of sp³-hybridized carbons (Fsp3) is 1.00. The second-order valence-corrected chi connectivity index (χ2v) is 3.55. The van der Waals surface area contributed by atoms with E-state index in [0.29, 0.717) is 0 Å². The lowest BCUT2D eigenvalue weighted by atomic mass is 10.2. The summed E-state index contributed by atoms with van der Waals surface area (Å²) in [6.45, 7) is 10.9. The van der Waals surface area contributed by atoms with E-state index in [4.69, 9.17) is 0 Å². The summed E-state index contributed by atoms with van der Waals surface area (Å²) in [6, 6.07) is 0. The number of hydrogen-bond donors (Lipinski definition) is 2. The number of halogens is 2. The molecule has 0 spiro atoms. The van der Waals surface area contributed by atoms with Gasteiger partial charge in [-0.2, -0.15) is 0 Å². The molecular formula is C8H22Cl2N2. The molecule has 0 radical (unpaired) electrons. The van der Waals surface area contributed by atoms with E-state index in [1.165, 1.54) is 0 Å². The molecule has 0 rings (SSSR count). The zero-order chi connectivity index (χ0) is 7.98. The van der Waals surface area contributed by atoms with Gasteiger partial charge in [-0.05, 0) is 11.8 Å². The molecular weight excluding hydrogens is 195 g/mol. The quantitative estimate of drug-likeness (QED) is 0.545. The minimum atomic E-state index is 0. The topological polar surface area (TPSA) is 24.1 Å². The Morgan fingerprint density at radius 1 is 0.750 bits per heavy atom. The summed E-state index contributed by atoms with van der Waals surface area (Å²) in [5.74, 6) is 1.44. The zero-order valence-corrected chi connectivity index (χ0v) is 10.0. The van der Waals surface area contributed by atoms with Crippen LogP contribution >= 0.6 is 24.8 Å². The molecule has 12 heavy (non-hydrogen) atoms. The summed E-state index contributed by atoms with van der Waals surface area (Å²) in [5, 5.41) is 0. The highest BCUT2D eigenvalue weighted by atomic mass is 35.5. The first-order valence-electron chi connectivity index (χ1n) is 4.08. The summed E-state index contributed by atoms with van der Waals surface area (Å²) >= 11 is 0. The maximum atomic E-state index is 3.17. The molecule has 0 aliphatic heterocycles. The van der Waals surface area contributed by atoms with Crippen molar-refractivity contribution < 1.29 is 0 Å². The van der Waals surface area contributed by atoms with Crippen molar-refractivity contribution in [3.8, 4) is 0 Å². The standard InChI is InChI=1S/C8H20N2.2ClH/c1-7(2)5-9-10-6-8(3)4;;/h7-10H,5-6H2,1-4H3;2*1H. The SMILES string of the molecule is CC(C)CNNCC(C)C.Cl.Cl. The van der Waals surface area contributed by atoms with Crippen LogP contribution in [0, 0.1) is 11.8 Å². The molecule has 0 aliphatic rings. The lowest BCUT2D eigenvalue weighted by molar-refractivity contribution is 0.434. The van der Waals surface area contributed by atoms with Crippen molar-refractivity contribution in [3.05, 3.63) is 0 Å². The Bertz CT molecular complexity index is 67.5. The van der Waals surface area contributed by atoms with Crippen molar-refractivity contribution in [1.82, 2.24) is 10.9 Å². The maximum absolute atomic E-state index is 3.17. The summed E-state index contributed by atoms with van der Waals surface area (Å²) in [5.41, 5.74) is 6.33. The van der Waals surface area contributed by atoms with Crippen LogP contribution < -0.4 is 10.9 Å². The van der Waals surface area contributed by atoms with Crippen LogP contribution in [0.1, 0.15) is 27.7 Å². The number of hydrazine groups is 1. The van der Waals surface area contributed by atoms with E-state index in [2.05, 4.69) is 38.5 Å². The van der Waals surface area contributed by atoms with Crippen LogP contribution in [0.2, 0.25) is 0 Å². The molecule has 0 aromatic heterocycles. The number of nitrogens with one attached hydrogen (secondary N) is 2. The minimum Gasteiger partial charge on any atom is -0.258 e. The van der Waals surface area contributed by atoms with E-state index in [1.54, 1.807) is 0 Å². The van der Waals surface area contributed by atoms with E-state index in [1.807, 2.05) is 0 Å². The van der Waals surface area contributed by atoms with Crippen LogP contribution in [0.25, 0.3) is 0 Å². The fourth-order valence-corrected chi connectivity index (χ4v) is 0.553. The van der Waals surface area contributed by atoms with Gasteiger partial charge in [-0.25, -0.2) is 0 Å². The van der Waals surface area contributed by atoms with E-state index < -0.39 is 0 Å². The van der Waals surface area contributed by atoms with Crippen LogP contribution in [0.5, 0.6) is 0 Å². The molecule has 0 saturated carbocycles. The monoisotopic (exact) mass is 216 g/mol. The lowest BCUT2D eigenvalue weighted by Gasteiger charge is -2.10. The third-order valence-corrected chi connectivity index (χ3v) is 1.15. The van der Waals surface area contributed by atoms with Crippen LogP contribution in [-0.2, 0) is 0 Å². The highest BCUT2D eigenvalue weighted by molar-refractivity contribution is 5.85. The van der Waals surface area contributed by atoms with Crippen LogP contribution in [0.3, 0.4) is 0 Å². The molecule has 4 heteroatoms. The Balaban J connectivity index is -0.000000405. The third-order valence-electron chi connectivity index (χ3n) is 1.15. The van der Waals surface area contributed by atoms with E-state index in [0.717, 1.165) is 24.9 Å². The normalized spacial score (nSPS) is 9.50. The molecule has 0 bridgehead atoms. The first kappa shape index (κ1) is 18.3. The van der Waals surface area contributed by atoms with Gasteiger partial charge in [0, 0.05) is 13.1 Å². The largest absolute Gasteiger partial charge is 0.258 e. The first-order chi connectivity index (χ1) is 4.63. The smallest absolute Gasteiger partial charge is 0.0123 e. The molecule has 0 aliphatic carbocycles. The van der Waals surface area contributed by atoms with Crippen LogP contribution in [0.15, 0.2) is 0 Å². The second-order valence-electron chi connectivity index (χ2n) is 3.55. The van der Waals surface area contributed by atoms with Crippen LogP contribution in [0.4, 0.5) is 0 Å². The Morgan fingerprint density at radius 3 is 1.17 bits per heavy atom. The van der Waals surface area contributed by atoms with E-state index in [9.17, 15) is 0 Å². The summed E-state index contributed by atoms with van der Waals surface area (Å²) in [7, 11) is 0. The van der Waals surface area contributed by atoms with Crippen LogP contribution in [-0.4, -0.2) is 13.1 Å². The van der Waals surface area contributed by atoms with Gasteiger partial charge in [-0.1, -0.05) is 27.7 Å². The molecule has 0 unspecified atom stereocenters. The molecule has 78 valence electrons. The highest BCUT2D eigenvalue weighted by Crippen LogP contribution is 1.87. The van der Waals surface area contributed by atoms with Gasteiger partial charge in [0.05, 0.1) is 0 Å². The van der Waals surface area contributed by atoms with Gasteiger partial charge in [-0.15, -0.1) is 24.8 Å². The molecule has 0 aromatic rings. The van der Waals surface area contributed by atoms with Gasteiger partial charge in [0.1, 0.15) is 0 Å². The van der Waals surface area contributed by atoms with Crippen molar-refractivity contribution in [2.45, 2.75) is 27.7 Å². The zero-order valence-electron chi connectivity index (χ0n) is 8.39. The molecule has 0 atom stereocenters. The Morgan fingerprint density at radius 2 is 1.00 bits per heavy atom. The van der Waals surface area contributed by atoms with Crippen molar-refractivity contribution in [2.24, 2.45) is 11.8 Å². The summed E-state index contributed by atoms with van der Waals surface area (Å²) in [4.78, 5) is 0. The predicted molar refractivity (Wildman–Crippen MR) is 60.2 cm³/mol. The molecule has 0 fully saturated rings. The van der Waals surface area contributed by atoms with E-state index >= 15 is 0 Å². The number of rotatable bonds is 5. The minimum absolute atomic E-state index is 0. The number of hydrogen-bond acceptors (Lipinski definition) is 2. The van der Waals surface area contributed by atoms with E-state index in [-0.39, 0.29) is 24.8 Å². The average molecular weight is 217 g/mol. The van der Waals surface area contributed by atoms with Gasteiger partial charge < -0.3 is 0 Å². The lowest BCUT2D eigenvalue weighted by Crippen LogP contribution is -2.36. The third kappa shape index (κ3) is 16.8. The average Bonchev–Trinajstić information content (AvgIpc) is 1.79. The van der Waals surface area contributed by atoms with Gasteiger partial charge >= 0.3 is 0 Å². The molecule has 0 saturated heterocycles. The highest BCUT2D eigenvalue weighted by Gasteiger charge is 1.93. The predicted octanol–water partition coefficient (Wildman–Crippen LogP) is 2.24. The van der Waals surface area contributed by atoms with Crippen molar-refractivity contribution >= 4 is 24.8 Å². The Hall–Kier alpha value is 0.500. The Labute approximate surface area is 88.7 Å². The second kappa shape index (κ2) is 11.5. The van der Waals surface area contributed by atoms with Crippen molar-refractivity contribution in [3.63, 3.8) is 0 Å². The molecule has 2 N–H and O–H groups in total. The van der Waals surface area contributed by atoms with Gasteiger partial charge in [0.15, 0.2) is 0 Å². The van der Waals surface area contributed by atoms with Gasteiger partial charge in [0.25, 0.3) is 0 Å². The van der Waals surface area contributed by atoms with Gasteiger partial charge in [0.2, 0.25) is 0 Å². The Kier molecular flexibility index (Phi) is 17.6. The maximum Gasteiger partial charge on any atom is 0.0123 e. The molecule has 0 aromatic carbocycles. The molecule has 0 amide bonds. The van der Waals surface area contributed by atoms with Crippen molar-refractivity contribution in [2.75, 3.05) is 13.1 Å². The van der Waals surface area contributed by atoms with Gasteiger partial charge in [-0.3, -0.25) is 10.9 Å². The molecule has 0 heterocycles. The fourth-order valence-electron chi connectivity index (χ4n) is 0.553. The first-order valence-corrected chi connectivity index (χ1v) is 4.08. The summed E-state index contributed by atoms with van der Waals surface area (Å²) in [6.07, 6.45) is 0. The van der Waals surface area contributed by atoms with Crippen molar-refractivity contribution in [1.29, 1.82) is 0 Å².